The van der Waals surface area contributed by atoms with E-state index in [9.17, 15) is 14.0 Å². The first-order chi connectivity index (χ1) is 11.9. The molecule has 5 heteroatoms. The average molecular weight is 336 g/mol. The highest BCUT2D eigenvalue weighted by molar-refractivity contribution is 6.05. The lowest BCUT2D eigenvalue weighted by Gasteiger charge is -2.11. The quantitative estimate of drug-likeness (QED) is 0.790. The highest BCUT2D eigenvalue weighted by Gasteiger charge is 2.11. The third kappa shape index (κ3) is 3.66. The normalized spacial score (nSPS) is 10.5. The van der Waals surface area contributed by atoms with Crippen LogP contribution in [0.1, 0.15) is 21.5 Å². The highest BCUT2D eigenvalue weighted by Crippen LogP contribution is 2.15. The number of nitrogens with zero attached hydrogens (tertiary/aromatic N) is 1. The van der Waals surface area contributed by atoms with Crippen LogP contribution < -0.4 is 10.9 Å². The van der Waals surface area contributed by atoms with E-state index in [1.807, 2.05) is 32.0 Å². The molecule has 0 saturated carbocycles. The van der Waals surface area contributed by atoms with E-state index in [-0.39, 0.29) is 11.5 Å². The predicted molar refractivity (Wildman–Crippen MR) is 95.9 cm³/mol. The van der Waals surface area contributed by atoms with E-state index >= 15 is 0 Å². The molecule has 0 aliphatic heterocycles. The molecule has 1 heterocycles. The van der Waals surface area contributed by atoms with Gasteiger partial charge in [-0.05, 0) is 49.7 Å². The van der Waals surface area contributed by atoms with Gasteiger partial charge in [-0.15, -0.1) is 0 Å². The highest BCUT2D eigenvalue weighted by atomic mass is 19.1. The van der Waals surface area contributed by atoms with Crippen LogP contribution in [0.25, 0.3) is 5.69 Å². The number of aryl methyl sites for hydroxylation is 2. The molecule has 0 spiro atoms. The van der Waals surface area contributed by atoms with Crippen LogP contribution in [0.2, 0.25) is 0 Å². The third-order valence-electron chi connectivity index (χ3n) is 3.89. The standard InChI is InChI=1S/C20H17FN2O2/c1-13-6-7-14(2)18(10-13)20(25)22-16-8-9-19(24)23(12-16)17-5-3-4-15(21)11-17/h3-12H,1-2H3,(H,22,25). The van der Waals surface area contributed by atoms with Crippen LogP contribution in [0.4, 0.5) is 10.1 Å². The Morgan fingerprint density at radius 1 is 1.04 bits per heavy atom. The molecule has 1 N–H and O–H groups in total. The topological polar surface area (TPSA) is 51.1 Å². The van der Waals surface area contributed by atoms with Gasteiger partial charge in [0.25, 0.3) is 11.5 Å². The lowest BCUT2D eigenvalue weighted by Crippen LogP contribution is -2.19. The molecule has 0 radical (unpaired) electrons. The van der Waals surface area contributed by atoms with Crippen molar-refractivity contribution in [2.24, 2.45) is 0 Å². The zero-order chi connectivity index (χ0) is 18.0. The molecule has 3 rings (SSSR count). The van der Waals surface area contributed by atoms with Crippen LogP contribution >= 0.6 is 0 Å². The molecule has 126 valence electrons. The SMILES string of the molecule is Cc1ccc(C)c(C(=O)Nc2ccc(=O)n(-c3cccc(F)c3)c2)c1. The van der Waals surface area contributed by atoms with Gasteiger partial charge in [-0.1, -0.05) is 23.8 Å². The summed E-state index contributed by atoms with van der Waals surface area (Å²) in [7, 11) is 0. The molecule has 25 heavy (non-hydrogen) atoms. The van der Waals surface area contributed by atoms with Gasteiger partial charge in [-0.3, -0.25) is 14.2 Å². The van der Waals surface area contributed by atoms with Crippen LogP contribution in [-0.4, -0.2) is 10.5 Å². The Morgan fingerprint density at radius 2 is 1.84 bits per heavy atom. The van der Waals surface area contributed by atoms with Crippen molar-refractivity contribution in [1.82, 2.24) is 4.57 Å². The van der Waals surface area contributed by atoms with Gasteiger partial charge in [-0.25, -0.2) is 4.39 Å². The van der Waals surface area contributed by atoms with Gasteiger partial charge in [0.1, 0.15) is 5.82 Å². The fourth-order valence-electron chi connectivity index (χ4n) is 2.57. The van der Waals surface area contributed by atoms with E-state index in [0.717, 1.165) is 11.1 Å². The number of carbonyl (C=O) groups excluding carboxylic acids is 1. The maximum Gasteiger partial charge on any atom is 0.255 e. The molecule has 0 fully saturated rings. The van der Waals surface area contributed by atoms with E-state index < -0.39 is 5.82 Å². The lowest BCUT2D eigenvalue weighted by molar-refractivity contribution is 0.102. The summed E-state index contributed by atoms with van der Waals surface area (Å²) < 4.78 is 14.7. The summed E-state index contributed by atoms with van der Waals surface area (Å²) in [6.45, 7) is 3.78. The second-order valence-electron chi connectivity index (χ2n) is 5.88. The summed E-state index contributed by atoms with van der Waals surface area (Å²) in [6.07, 6.45) is 1.49. The van der Waals surface area contributed by atoms with Crippen molar-refractivity contribution in [3.63, 3.8) is 0 Å². The predicted octanol–water partition coefficient (Wildman–Crippen LogP) is 3.85. The molecule has 0 bridgehead atoms. The number of halogens is 1. The first-order valence-corrected chi connectivity index (χ1v) is 7.81. The van der Waals surface area contributed by atoms with Crippen molar-refractivity contribution in [3.8, 4) is 5.69 Å². The summed E-state index contributed by atoms with van der Waals surface area (Å²) in [4.78, 5) is 24.6. The smallest absolute Gasteiger partial charge is 0.255 e. The number of nitrogens with one attached hydrogen (secondary N) is 1. The third-order valence-corrected chi connectivity index (χ3v) is 3.89. The summed E-state index contributed by atoms with van der Waals surface area (Å²) in [5.41, 5.74) is 2.96. The largest absolute Gasteiger partial charge is 0.321 e. The van der Waals surface area contributed by atoms with Gasteiger partial charge in [-0.2, -0.15) is 0 Å². The van der Waals surface area contributed by atoms with Gasteiger partial charge >= 0.3 is 0 Å². The van der Waals surface area contributed by atoms with Crippen LogP contribution in [0.15, 0.2) is 65.6 Å². The molecule has 0 saturated heterocycles. The Labute approximate surface area is 144 Å². The summed E-state index contributed by atoms with van der Waals surface area (Å²) in [5.74, 6) is -0.695. The number of aromatic nitrogens is 1. The lowest BCUT2D eigenvalue weighted by atomic mass is 10.1. The van der Waals surface area contributed by atoms with E-state index in [2.05, 4.69) is 5.32 Å². The number of pyridine rings is 1. The summed E-state index contributed by atoms with van der Waals surface area (Å²) in [6, 6.07) is 14.2. The van der Waals surface area contributed by atoms with Crippen molar-refractivity contribution < 1.29 is 9.18 Å². The van der Waals surface area contributed by atoms with E-state index in [0.29, 0.717) is 16.9 Å². The number of rotatable bonds is 3. The van der Waals surface area contributed by atoms with Crippen molar-refractivity contribution in [2.75, 3.05) is 5.32 Å². The molecular weight excluding hydrogens is 319 g/mol. The number of carbonyl (C=O) groups is 1. The Morgan fingerprint density at radius 3 is 2.60 bits per heavy atom. The van der Waals surface area contributed by atoms with E-state index in [4.69, 9.17) is 0 Å². The Kier molecular flexibility index (Phi) is 4.48. The number of hydrogen-bond acceptors (Lipinski definition) is 2. The zero-order valence-electron chi connectivity index (χ0n) is 13.9. The minimum atomic E-state index is -0.436. The van der Waals surface area contributed by atoms with E-state index in [1.165, 1.54) is 41.1 Å². The van der Waals surface area contributed by atoms with Gasteiger partial charge in [0.05, 0.1) is 11.4 Å². The van der Waals surface area contributed by atoms with Crippen LogP contribution in [0.3, 0.4) is 0 Å². The molecule has 0 atom stereocenters. The van der Waals surface area contributed by atoms with Crippen molar-refractivity contribution in [2.45, 2.75) is 13.8 Å². The molecule has 4 nitrogen and oxygen atoms in total. The van der Waals surface area contributed by atoms with Crippen LogP contribution in [-0.2, 0) is 0 Å². The second kappa shape index (κ2) is 6.73. The minimum absolute atomic E-state index is 0.259. The van der Waals surface area contributed by atoms with Crippen LogP contribution in [0, 0.1) is 19.7 Å². The second-order valence-corrected chi connectivity index (χ2v) is 5.88. The summed E-state index contributed by atoms with van der Waals surface area (Å²) in [5, 5.41) is 2.79. The molecular formula is C20H17FN2O2. The fraction of sp³-hybridized carbons (Fsp3) is 0.100. The molecule has 0 aliphatic rings. The molecule has 0 aliphatic carbocycles. The number of benzene rings is 2. The molecule has 1 aromatic heterocycles. The van der Waals surface area contributed by atoms with Gasteiger partial charge < -0.3 is 5.32 Å². The maximum absolute atomic E-state index is 13.4. The first-order valence-electron chi connectivity index (χ1n) is 7.81. The molecule has 3 aromatic rings. The minimum Gasteiger partial charge on any atom is -0.321 e. The van der Waals surface area contributed by atoms with Crippen molar-refractivity contribution in [1.29, 1.82) is 0 Å². The van der Waals surface area contributed by atoms with E-state index in [1.54, 1.807) is 6.07 Å². The Balaban J connectivity index is 1.94. The monoisotopic (exact) mass is 336 g/mol. The molecule has 2 aromatic carbocycles. The Hall–Kier alpha value is -3.21. The van der Waals surface area contributed by atoms with Crippen molar-refractivity contribution in [3.05, 3.63) is 93.7 Å². The number of hydrogen-bond donors (Lipinski definition) is 1. The van der Waals surface area contributed by atoms with Gasteiger partial charge in [0.15, 0.2) is 0 Å². The fourth-order valence-corrected chi connectivity index (χ4v) is 2.57. The van der Waals surface area contributed by atoms with Crippen molar-refractivity contribution >= 4 is 11.6 Å². The maximum atomic E-state index is 13.4. The number of amides is 1. The van der Waals surface area contributed by atoms with Gasteiger partial charge in [0.2, 0.25) is 0 Å². The average Bonchev–Trinajstić information content (AvgIpc) is 2.58. The van der Waals surface area contributed by atoms with Crippen LogP contribution in [0.5, 0.6) is 0 Å². The van der Waals surface area contributed by atoms with Gasteiger partial charge in [0, 0.05) is 17.8 Å². The Bertz CT molecular complexity index is 1010. The number of anilines is 1. The molecule has 0 unspecified atom stereocenters. The zero-order valence-corrected chi connectivity index (χ0v) is 13.9. The summed E-state index contributed by atoms with van der Waals surface area (Å²) >= 11 is 0. The molecule has 1 amide bonds. The first kappa shape index (κ1) is 16.6.